The van der Waals surface area contributed by atoms with Crippen LogP contribution in [-0.4, -0.2) is 16.3 Å². The normalized spacial score (nSPS) is 24.6. The minimum atomic E-state index is 0.258. The molecule has 1 aliphatic rings. The second-order valence-electron chi connectivity index (χ2n) is 6.35. The molecule has 0 radical (unpaired) electrons. The first kappa shape index (κ1) is 15.8. The van der Waals surface area contributed by atoms with E-state index in [0.717, 1.165) is 24.0 Å². The lowest BCUT2D eigenvalue weighted by Crippen LogP contribution is -2.21. The molecule has 1 fully saturated rings. The fourth-order valence-corrected chi connectivity index (χ4v) is 4.33. The molecule has 2 nitrogen and oxygen atoms in total. The molecule has 1 saturated carbocycles. The highest BCUT2D eigenvalue weighted by molar-refractivity contribution is 7.99. The zero-order valence-corrected chi connectivity index (χ0v) is 13.9. The molecule has 3 atom stereocenters. The van der Waals surface area contributed by atoms with Gasteiger partial charge in [-0.3, -0.25) is 0 Å². The van der Waals surface area contributed by atoms with E-state index >= 15 is 0 Å². The van der Waals surface area contributed by atoms with Crippen molar-refractivity contribution >= 4 is 11.8 Å². The van der Waals surface area contributed by atoms with E-state index in [-0.39, 0.29) is 6.04 Å². The van der Waals surface area contributed by atoms with Crippen molar-refractivity contribution in [3.05, 3.63) is 23.4 Å². The molecule has 1 aliphatic carbocycles. The van der Waals surface area contributed by atoms with Gasteiger partial charge < -0.3 is 5.73 Å². The van der Waals surface area contributed by atoms with E-state index in [1.807, 2.05) is 18.0 Å². The zero-order valence-electron chi connectivity index (χ0n) is 13.1. The number of aromatic nitrogens is 1. The van der Waals surface area contributed by atoms with E-state index in [4.69, 9.17) is 10.7 Å². The van der Waals surface area contributed by atoms with Crippen molar-refractivity contribution in [1.29, 1.82) is 0 Å². The smallest absolute Gasteiger partial charge is 0.0991 e. The molecule has 2 N–H and O–H groups in total. The second kappa shape index (κ2) is 7.46. The van der Waals surface area contributed by atoms with Gasteiger partial charge in [0.2, 0.25) is 0 Å². The van der Waals surface area contributed by atoms with Crippen LogP contribution >= 0.6 is 11.8 Å². The summed E-state index contributed by atoms with van der Waals surface area (Å²) in [5.41, 5.74) is 8.61. The Bertz CT molecular complexity index is 433. The summed E-state index contributed by atoms with van der Waals surface area (Å²) in [6.45, 7) is 6.70. The quantitative estimate of drug-likeness (QED) is 0.877. The first-order valence-electron chi connectivity index (χ1n) is 7.96. The summed E-state index contributed by atoms with van der Waals surface area (Å²) in [6, 6.07) is 2.53. The topological polar surface area (TPSA) is 38.9 Å². The molecule has 0 aromatic carbocycles. The van der Waals surface area contributed by atoms with Crippen molar-refractivity contribution in [2.75, 3.05) is 0 Å². The van der Waals surface area contributed by atoms with Crippen LogP contribution in [0.2, 0.25) is 0 Å². The Balaban J connectivity index is 1.98. The van der Waals surface area contributed by atoms with E-state index in [1.54, 1.807) is 0 Å². The molecule has 0 saturated heterocycles. The molecule has 0 spiro atoms. The van der Waals surface area contributed by atoms with Gasteiger partial charge in [-0.05, 0) is 49.7 Å². The summed E-state index contributed by atoms with van der Waals surface area (Å²) >= 11 is 1.99. The number of hydrogen-bond acceptors (Lipinski definition) is 3. The lowest BCUT2D eigenvalue weighted by Gasteiger charge is -2.26. The van der Waals surface area contributed by atoms with Crippen LogP contribution in [0.25, 0.3) is 0 Å². The van der Waals surface area contributed by atoms with Gasteiger partial charge in [0.1, 0.15) is 0 Å². The number of hydrogen-bond donors (Lipinski definition) is 1. The number of pyridine rings is 1. The lowest BCUT2D eigenvalue weighted by atomic mass is 9.91. The van der Waals surface area contributed by atoms with Crippen LogP contribution in [-0.2, 0) is 6.42 Å². The van der Waals surface area contributed by atoms with Gasteiger partial charge >= 0.3 is 0 Å². The van der Waals surface area contributed by atoms with Gasteiger partial charge in [0.25, 0.3) is 0 Å². The van der Waals surface area contributed by atoms with Crippen molar-refractivity contribution in [3.8, 4) is 0 Å². The molecule has 1 aromatic rings. The summed E-state index contributed by atoms with van der Waals surface area (Å²) in [5.74, 6) is 0.878. The largest absolute Gasteiger partial charge is 0.327 e. The van der Waals surface area contributed by atoms with Crippen LogP contribution in [0, 0.1) is 12.8 Å². The molecule has 3 heteroatoms. The monoisotopic (exact) mass is 292 g/mol. The van der Waals surface area contributed by atoms with Crippen molar-refractivity contribution in [1.82, 2.24) is 4.98 Å². The Kier molecular flexibility index (Phi) is 5.91. The molecule has 20 heavy (non-hydrogen) atoms. The molecule has 0 aliphatic heterocycles. The van der Waals surface area contributed by atoms with Crippen LogP contribution in [0.15, 0.2) is 17.3 Å². The van der Waals surface area contributed by atoms with Gasteiger partial charge in [0, 0.05) is 17.5 Å². The Labute approximate surface area is 127 Å². The highest BCUT2D eigenvalue weighted by atomic mass is 32.2. The van der Waals surface area contributed by atoms with Gasteiger partial charge in [-0.15, -0.1) is 11.8 Å². The predicted octanol–water partition coefficient (Wildman–Crippen LogP) is 4.34. The summed E-state index contributed by atoms with van der Waals surface area (Å²) < 4.78 is 0. The van der Waals surface area contributed by atoms with Gasteiger partial charge in [-0.1, -0.05) is 32.8 Å². The second-order valence-corrected chi connectivity index (χ2v) is 7.64. The van der Waals surface area contributed by atoms with Crippen molar-refractivity contribution in [2.24, 2.45) is 11.7 Å². The average molecular weight is 292 g/mol. The number of thioether (sulfide) groups is 1. The van der Waals surface area contributed by atoms with E-state index in [1.165, 1.54) is 41.8 Å². The van der Waals surface area contributed by atoms with E-state index in [2.05, 4.69) is 26.8 Å². The lowest BCUT2D eigenvalue weighted by molar-refractivity contribution is 0.394. The summed E-state index contributed by atoms with van der Waals surface area (Å²) in [7, 11) is 0. The van der Waals surface area contributed by atoms with Gasteiger partial charge in [-0.25, -0.2) is 4.98 Å². The third-order valence-corrected chi connectivity index (χ3v) is 5.69. The van der Waals surface area contributed by atoms with E-state index in [9.17, 15) is 0 Å². The Morgan fingerprint density at radius 3 is 2.90 bits per heavy atom. The number of rotatable bonds is 5. The summed E-state index contributed by atoms with van der Waals surface area (Å²) in [4.78, 5) is 4.69. The molecule has 0 amide bonds. The highest BCUT2D eigenvalue weighted by Crippen LogP contribution is 2.36. The van der Waals surface area contributed by atoms with Crippen LogP contribution in [0.1, 0.15) is 57.1 Å². The first-order valence-corrected chi connectivity index (χ1v) is 8.84. The predicted molar refractivity (Wildman–Crippen MR) is 88.2 cm³/mol. The minimum Gasteiger partial charge on any atom is -0.327 e. The third-order valence-electron chi connectivity index (χ3n) is 4.28. The maximum atomic E-state index is 6.02. The minimum absolute atomic E-state index is 0.258. The summed E-state index contributed by atoms with van der Waals surface area (Å²) in [6.07, 6.45) is 9.45. The third kappa shape index (κ3) is 4.49. The van der Waals surface area contributed by atoms with Crippen molar-refractivity contribution in [2.45, 2.75) is 75.6 Å². The highest BCUT2D eigenvalue weighted by Gasteiger charge is 2.20. The number of aryl methyl sites for hydroxylation is 1. The standard InChI is InChI=1S/C17H28N2S/c1-4-15(18)10-14-9-13(3)17(19-11-14)20-16-7-5-6-12(2)8-16/h9,11-12,15-16H,4-8,10,18H2,1-3H3. The van der Waals surface area contributed by atoms with Crippen molar-refractivity contribution in [3.63, 3.8) is 0 Å². The fraction of sp³-hybridized carbons (Fsp3) is 0.706. The maximum absolute atomic E-state index is 6.02. The van der Waals surface area contributed by atoms with Crippen LogP contribution < -0.4 is 5.73 Å². The van der Waals surface area contributed by atoms with Gasteiger partial charge in [0.15, 0.2) is 0 Å². The molecule has 3 unspecified atom stereocenters. The Morgan fingerprint density at radius 2 is 2.25 bits per heavy atom. The first-order chi connectivity index (χ1) is 9.58. The Morgan fingerprint density at radius 1 is 1.45 bits per heavy atom. The molecule has 112 valence electrons. The van der Waals surface area contributed by atoms with Gasteiger partial charge in [0.05, 0.1) is 5.03 Å². The van der Waals surface area contributed by atoms with E-state index < -0.39 is 0 Å². The van der Waals surface area contributed by atoms with Crippen LogP contribution in [0.3, 0.4) is 0 Å². The molecule has 0 bridgehead atoms. The molecular formula is C17H28N2S. The molecule has 2 rings (SSSR count). The molecule has 1 heterocycles. The fourth-order valence-electron chi connectivity index (χ4n) is 2.95. The molecular weight excluding hydrogens is 264 g/mol. The zero-order chi connectivity index (χ0) is 14.5. The van der Waals surface area contributed by atoms with Gasteiger partial charge in [-0.2, -0.15) is 0 Å². The number of nitrogens with zero attached hydrogens (tertiary/aromatic N) is 1. The average Bonchev–Trinajstić information content (AvgIpc) is 2.42. The summed E-state index contributed by atoms with van der Waals surface area (Å²) in [5, 5.41) is 1.98. The van der Waals surface area contributed by atoms with Crippen LogP contribution in [0.5, 0.6) is 0 Å². The SMILES string of the molecule is CCC(N)Cc1cnc(SC2CCCC(C)C2)c(C)c1. The van der Waals surface area contributed by atoms with Crippen LogP contribution in [0.4, 0.5) is 0 Å². The molecule has 1 aromatic heterocycles. The van der Waals surface area contributed by atoms with E-state index in [0.29, 0.717) is 0 Å². The number of nitrogens with two attached hydrogens (primary N) is 1. The maximum Gasteiger partial charge on any atom is 0.0991 e. The Hall–Kier alpha value is -0.540. The van der Waals surface area contributed by atoms with Crippen molar-refractivity contribution < 1.29 is 0 Å².